The Hall–Kier alpha value is -1.70. The van der Waals surface area contributed by atoms with Crippen LogP contribution in [0.1, 0.15) is 24.2 Å². The molecular formula is C11H17N3O4S. The van der Waals surface area contributed by atoms with Gasteiger partial charge in [-0.2, -0.15) is 5.10 Å². The van der Waals surface area contributed by atoms with Crippen LogP contribution in [0.2, 0.25) is 0 Å². The van der Waals surface area contributed by atoms with E-state index in [-0.39, 0.29) is 29.7 Å². The zero-order valence-electron chi connectivity index (χ0n) is 11.1. The fraction of sp³-hybridized carbons (Fsp3) is 0.545. The van der Waals surface area contributed by atoms with Gasteiger partial charge in [-0.3, -0.25) is 9.48 Å². The van der Waals surface area contributed by atoms with Crippen molar-refractivity contribution in [3.63, 3.8) is 0 Å². The average molecular weight is 287 g/mol. The molecule has 0 bridgehead atoms. The molecule has 1 aromatic heterocycles. The summed E-state index contributed by atoms with van der Waals surface area (Å²) in [6.07, 6.45) is 0. The molecule has 1 rings (SSSR count). The van der Waals surface area contributed by atoms with E-state index in [9.17, 15) is 9.59 Å². The minimum Gasteiger partial charge on any atom is -0.465 e. The number of carbonyl (C=O) groups excluding carboxylic acids is 2. The molecule has 0 unspecified atom stereocenters. The maximum atomic E-state index is 11.8. The fourth-order valence-electron chi connectivity index (χ4n) is 1.42. The van der Waals surface area contributed by atoms with Gasteiger partial charge in [0.1, 0.15) is 10.6 Å². The van der Waals surface area contributed by atoms with Crippen molar-refractivity contribution in [3.8, 4) is 0 Å². The first-order valence-electron chi connectivity index (χ1n) is 5.79. The third-order valence-corrected chi connectivity index (χ3v) is 3.26. The van der Waals surface area contributed by atoms with E-state index in [0.29, 0.717) is 11.6 Å². The zero-order chi connectivity index (χ0) is 14.4. The number of anilines is 1. The van der Waals surface area contributed by atoms with Crippen molar-refractivity contribution >= 4 is 29.5 Å². The number of hydrogen-bond donors (Lipinski definition) is 1. The summed E-state index contributed by atoms with van der Waals surface area (Å²) in [7, 11) is 1.65. The lowest BCUT2D eigenvalue weighted by atomic mass is 10.3. The van der Waals surface area contributed by atoms with Crippen molar-refractivity contribution < 1.29 is 19.1 Å². The lowest BCUT2D eigenvalue weighted by molar-refractivity contribution is -0.139. The summed E-state index contributed by atoms with van der Waals surface area (Å²) in [6, 6.07) is 0. The maximum absolute atomic E-state index is 11.8. The van der Waals surface area contributed by atoms with Gasteiger partial charge >= 0.3 is 11.9 Å². The predicted octanol–water partition coefficient (Wildman–Crippen LogP) is 0.834. The number of ether oxygens (including phenoxy) is 2. The number of thioether (sulfide) groups is 1. The molecular weight excluding hydrogens is 270 g/mol. The number of carbonyl (C=O) groups is 2. The fourth-order valence-corrected chi connectivity index (χ4v) is 2.32. The second-order valence-corrected chi connectivity index (χ2v) is 4.47. The molecule has 19 heavy (non-hydrogen) atoms. The van der Waals surface area contributed by atoms with Gasteiger partial charge in [-0.05, 0) is 13.8 Å². The molecule has 0 aromatic carbocycles. The number of esters is 2. The molecule has 0 radical (unpaired) electrons. The van der Waals surface area contributed by atoms with Crippen LogP contribution >= 0.6 is 11.8 Å². The van der Waals surface area contributed by atoms with Gasteiger partial charge in [0, 0.05) is 7.05 Å². The summed E-state index contributed by atoms with van der Waals surface area (Å²) in [6.45, 7) is 4.00. The number of nitrogens with two attached hydrogens (primary N) is 1. The second kappa shape index (κ2) is 7.03. The highest BCUT2D eigenvalue weighted by molar-refractivity contribution is 8.00. The standard InChI is InChI=1S/C11H17N3O4S/c1-4-17-7(15)6-19-10-8(11(16)18-5-2)9(12)13-14(10)3/h4-6H2,1-3H3,(H2,12,13). The lowest BCUT2D eigenvalue weighted by Gasteiger charge is -2.05. The van der Waals surface area contributed by atoms with Crippen molar-refractivity contribution in [3.05, 3.63) is 5.56 Å². The van der Waals surface area contributed by atoms with E-state index in [1.807, 2.05) is 0 Å². The minimum absolute atomic E-state index is 0.0826. The maximum Gasteiger partial charge on any atom is 0.344 e. The molecule has 2 N–H and O–H groups in total. The van der Waals surface area contributed by atoms with E-state index in [1.54, 1.807) is 20.9 Å². The molecule has 106 valence electrons. The van der Waals surface area contributed by atoms with Crippen LogP contribution in [0.4, 0.5) is 5.82 Å². The van der Waals surface area contributed by atoms with Crippen LogP contribution in [0, 0.1) is 0 Å². The first kappa shape index (κ1) is 15.4. The Bertz CT molecular complexity index is 473. The Kier molecular flexibility index (Phi) is 5.68. The third kappa shape index (κ3) is 3.88. The molecule has 0 aliphatic carbocycles. The molecule has 0 aliphatic heterocycles. The monoisotopic (exact) mass is 287 g/mol. The van der Waals surface area contributed by atoms with Crippen LogP contribution in [-0.2, 0) is 21.3 Å². The van der Waals surface area contributed by atoms with Crippen LogP contribution in [0.3, 0.4) is 0 Å². The largest absolute Gasteiger partial charge is 0.465 e. The molecule has 1 heterocycles. The zero-order valence-corrected chi connectivity index (χ0v) is 12.0. The van der Waals surface area contributed by atoms with E-state index in [4.69, 9.17) is 15.2 Å². The third-order valence-electron chi connectivity index (χ3n) is 2.13. The minimum atomic E-state index is -0.542. The van der Waals surface area contributed by atoms with Crippen LogP contribution < -0.4 is 5.73 Å². The highest BCUT2D eigenvalue weighted by Crippen LogP contribution is 2.27. The summed E-state index contributed by atoms with van der Waals surface area (Å²) in [5.41, 5.74) is 5.87. The Morgan fingerprint density at radius 2 is 1.95 bits per heavy atom. The quantitative estimate of drug-likeness (QED) is 0.611. The molecule has 0 spiro atoms. The van der Waals surface area contributed by atoms with Gasteiger partial charge in [-0.15, -0.1) is 0 Å². The number of rotatable bonds is 6. The normalized spacial score (nSPS) is 10.3. The number of hydrogen-bond acceptors (Lipinski definition) is 7. The van der Waals surface area contributed by atoms with E-state index < -0.39 is 5.97 Å². The Morgan fingerprint density at radius 3 is 2.53 bits per heavy atom. The highest BCUT2D eigenvalue weighted by Gasteiger charge is 2.23. The van der Waals surface area contributed by atoms with Crippen molar-refractivity contribution in [2.45, 2.75) is 18.9 Å². The van der Waals surface area contributed by atoms with Gasteiger partial charge in [0.2, 0.25) is 0 Å². The van der Waals surface area contributed by atoms with Crippen LogP contribution in [0.15, 0.2) is 5.03 Å². The molecule has 0 amide bonds. The number of nitrogen functional groups attached to an aromatic ring is 1. The summed E-state index contributed by atoms with van der Waals surface area (Å²) in [5, 5.41) is 4.45. The molecule has 1 aromatic rings. The van der Waals surface area contributed by atoms with E-state index >= 15 is 0 Å². The molecule has 0 saturated carbocycles. The number of aryl methyl sites for hydroxylation is 1. The van der Waals surface area contributed by atoms with E-state index in [0.717, 1.165) is 11.8 Å². The van der Waals surface area contributed by atoms with Gasteiger partial charge in [0.25, 0.3) is 0 Å². The average Bonchev–Trinajstić information content (AvgIpc) is 2.62. The Balaban J connectivity index is 2.87. The van der Waals surface area contributed by atoms with Gasteiger partial charge in [0.05, 0.1) is 19.0 Å². The van der Waals surface area contributed by atoms with Crippen LogP contribution in [-0.4, -0.2) is 40.7 Å². The molecule has 7 nitrogen and oxygen atoms in total. The Morgan fingerprint density at radius 1 is 1.32 bits per heavy atom. The Labute approximate surface area is 115 Å². The predicted molar refractivity (Wildman–Crippen MR) is 70.9 cm³/mol. The SMILES string of the molecule is CCOC(=O)CSc1c(C(=O)OCC)c(N)nn1C. The summed E-state index contributed by atoms with van der Waals surface area (Å²) < 4.78 is 11.2. The van der Waals surface area contributed by atoms with E-state index in [2.05, 4.69) is 5.10 Å². The second-order valence-electron chi connectivity index (χ2n) is 3.50. The lowest BCUT2D eigenvalue weighted by Crippen LogP contribution is -2.10. The van der Waals surface area contributed by atoms with E-state index in [1.165, 1.54) is 4.68 Å². The first-order chi connectivity index (χ1) is 9.01. The first-order valence-corrected chi connectivity index (χ1v) is 6.77. The summed E-state index contributed by atoms with van der Waals surface area (Å²) >= 11 is 1.14. The molecule has 8 heteroatoms. The smallest absolute Gasteiger partial charge is 0.344 e. The topological polar surface area (TPSA) is 96.4 Å². The van der Waals surface area contributed by atoms with Gasteiger partial charge < -0.3 is 15.2 Å². The molecule has 0 fully saturated rings. The molecule has 0 atom stereocenters. The van der Waals surface area contributed by atoms with Crippen molar-refractivity contribution in [2.75, 3.05) is 24.7 Å². The van der Waals surface area contributed by atoms with Gasteiger partial charge in [-0.1, -0.05) is 11.8 Å². The number of aromatic nitrogens is 2. The molecule has 0 aliphatic rings. The van der Waals surface area contributed by atoms with Gasteiger partial charge in [0.15, 0.2) is 5.82 Å². The van der Waals surface area contributed by atoms with Crippen molar-refractivity contribution in [2.24, 2.45) is 7.05 Å². The summed E-state index contributed by atoms with van der Waals surface area (Å²) in [5.74, 6) is -0.729. The summed E-state index contributed by atoms with van der Waals surface area (Å²) in [4.78, 5) is 23.1. The van der Waals surface area contributed by atoms with Crippen molar-refractivity contribution in [1.29, 1.82) is 0 Å². The van der Waals surface area contributed by atoms with Crippen LogP contribution in [0.25, 0.3) is 0 Å². The van der Waals surface area contributed by atoms with Crippen molar-refractivity contribution in [1.82, 2.24) is 9.78 Å². The highest BCUT2D eigenvalue weighted by atomic mass is 32.2. The van der Waals surface area contributed by atoms with Gasteiger partial charge in [-0.25, -0.2) is 4.79 Å². The molecule has 0 saturated heterocycles. The van der Waals surface area contributed by atoms with Crippen LogP contribution in [0.5, 0.6) is 0 Å². The number of nitrogens with zero attached hydrogens (tertiary/aromatic N) is 2.